The Bertz CT molecular complexity index is 1170. The summed E-state index contributed by atoms with van der Waals surface area (Å²) in [7, 11) is 1.54. The summed E-state index contributed by atoms with van der Waals surface area (Å²) in [6, 6.07) is 4.61. The van der Waals surface area contributed by atoms with Crippen molar-refractivity contribution in [2.24, 2.45) is 0 Å². The van der Waals surface area contributed by atoms with Crippen LogP contribution in [0.1, 0.15) is 40.1 Å². The van der Waals surface area contributed by atoms with E-state index in [0.29, 0.717) is 33.3 Å². The first-order chi connectivity index (χ1) is 14.8. The third-order valence-electron chi connectivity index (χ3n) is 4.86. The zero-order valence-electron chi connectivity index (χ0n) is 17.1. The number of halogens is 1. The summed E-state index contributed by atoms with van der Waals surface area (Å²) < 4.78 is 5.74. The number of aromatic carboxylic acids is 1. The van der Waals surface area contributed by atoms with Gasteiger partial charge in [0.05, 0.1) is 18.7 Å². The van der Waals surface area contributed by atoms with Crippen molar-refractivity contribution < 1.29 is 14.6 Å². The van der Waals surface area contributed by atoms with Crippen molar-refractivity contribution in [2.75, 3.05) is 18.2 Å². The number of nitrogen functional groups attached to an aromatic ring is 1. The Morgan fingerprint density at radius 1 is 1.35 bits per heavy atom. The summed E-state index contributed by atoms with van der Waals surface area (Å²) in [6.07, 6.45) is 3.83. The number of rotatable bonds is 7. The molecule has 160 valence electrons. The van der Waals surface area contributed by atoms with Gasteiger partial charge in [0.2, 0.25) is 0 Å². The van der Waals surface area contributed by atoms with Crippen LogP contribution in [0.5, 0.6) is 5.75 Å². The lowest BCUT2D eigenvalue weighted by molar-refractivity contribution is 0.0690. The van der Waals surface area contributed by atoms with Gasteiger partial charge in [-0.25, -0.2) is 19.7 Å². The number of methoxy groups -OCH3 is 1. The van der Waals surface area contributed by atoms with Gasteiger partial charge >= 0.3 is 5.97 Å². The van der Waals surface area contributed by atoms with E-state index in [0.717, 1.165) is 17.3 Å². The molecule has 0 aliphatic rings. The Morgan fingerprint density at radius 2 is 2.10 bits per heavy atom. The van der Waals surface area contributed by atoms with E-state index in [1.165, 1.54) is 25.7 Å². The molecule has 2 aromatic heterocycles. The van der Waals surface area contributed by atoms with Crippen LogP contribution in [-0.4, -0.2) is 39.4 Å². The molecule has 1 unspecified atom stereocenters. The minimum absolute atomic E-state index is 0.0845. The number of carbonyl (C=O) groups is 1. The van der Waals surface area contributed by atoms with E-state index in [2.05, 4.69) is 20.3 Å². The monoisotopic (exact) mass is 440 g/mol. The van der Waals surface area contributed by atoms with Crippen LogP contribution in [-0.2, 0) is 0 Å². The van der Waals surface area contributed by atoms with Gasteiger partial charge in [-0.3, -0.25) is 0 Å². The number of pyridine rings is 1. The summed E-state index contributed by atoms with van der Waals surface area (Å²) in [6.45, 7) is 3.72. The number of nitrogens with one attached hydrogen (secondary N) is 2. The minimum atomic E-state index is -1.13. The first kappa shape index (κ1) is 22.0. The number of aromatic nitrogens is 3. The molecule has 0 radical (unpaired) electrons. The second kappa shape index (κ2) is 8.97. The molecule has 2 heterocycles. The van der Waals surface area contributed by atoms with Crippen molar-refractivity contribution in [3.8, 4) is 16.9 Å². The molecule has 1 aromatic carbocycles. The zero-order chi connectivity index (χ0) is 22.7. The summed E-state index contributed by atoms with van der Waals surface area (Å²) in [5.41, 5.74) is 8.86. The van der Waals surface area contributed by atoms with Crippen molar-refractivity contribution in [1.82, 2.24) is 15.0 Å². The Morgan fingerprint density at radius 3 is 2.74 bits per heavy atom. The molecule has 0 fully saturated rings. The van der Waals surface area contributed by atoms with E-state index in [4.69, 9.17) is 27.5 Å². The quantitative estimate of drug-likeness (QED) is 0.403. The first-order valence-corrected chi connectivity index (χ1v) is 9.60. The molecule has 0 aliphatic heterocycles. The molecule has 3 rings (SSSR count). The SMILES string of the molecule is COc1c(C(C)Nc2ncnc(N)c2C=N)cc(Cl)c(C)c1-c1ccnc(C(=O)O)c1. The number of hydrogen-bond acceptors (Lipinski definition) is 8. The van der Waals surface area contributed by atoms with Crippen molar-refractivity contribution in [1.29, 1.82) is 5.41 Å². The molecule has 3 aromatic rings. The fourth-order valence-electron chi connectivity index (χ4n) is 3.29. The number of nitrogens with two attached hydrogens (primary N) is 1. The molecule has 0 aliphatic carbocycles. The average molecular weight is 441 g/mol. The van der Waals surface area contributed by atoms with Crippen LogP contribution in [0.3, 0.4) is 0 Å². The van der Waals surface area contributed by atoms with Crippen LogP contribution < -0.4 is 15.8 Å². The van der Waals surface area contributed by atoms with E-state index in [-0.39, 0.29) is 17.6 Å². The predicted molar refractivity (Wildman–Crippen MR) is 119 cm³/mol. The number of carboxylic acid groups (broad SMARTS) is 1. The standard InChI is InChI=1S/C21H21ClN6O3/c1-10-15(22)7-13(11(2)28-20-14(8-23)19(24)26-9-27-20)18(31-3)17(10)12-4-5-25-16(6-12)21(29)30/h4-9,11,23H,1-3H3,(H,29,30)(H3,24,26,27,28). The topological polar surface area (TPSA) is 147 Å². The van der Waals surface area contributed by atoms with Gasteiger partial charge in [-0.1, -0.05) is 11.6 Å². The molecular formula is C21H21ClN6O3. The highest BCUT2D eigenvalue weighted by atomic mass is 35.5. The molecular weight excluding hydrogens is 420 g/mol. The maximum Gasteiger partial charge on any atom is 0.354 e. The summed E-state index contributed by atoms with van der Waals surface area (Å²) >= 11 is 6.53. The van der Waals surface area contributed by atoms with Crippen molar-refractivity contribution in [2.45, 2.75) is 19.9 Å². The second-order valence-electron chi connectivity index (χ2n) is 6.75. The van der Waals surface area contributed by atoms with Crippen LogP contribution >= 0.6 is 11.6 Å². The van der Waals surface area contributed by atoms with Crippen LogP contribution in [0.4, 0.5) is 11.6 Å². The Labute approximate surface area is 183 Å². The molecule has 0 spiro atoms. The van der Waals surface area contributed by atoms with Crippen molar-refractivity contribution >= 4 is 35.4 Å². The van der Waals surface area contributed by atoms with Gasteiger partial charge in [-0.2, -0.15) is 0 Å². The number of hydrogen-bond donors (Lipinski definition) is 4. The van der Waals surface area contributed by atoms with Gasteiger partial charge in [0, 0.05) is 28.6 Å². The lowest BCUT2D eigenvalue weighted by Gasteiger charge is -2.23. The molecule has 31 heavy (non-hydrogen) atoms. The average Bonchev–Trinajstić information content (AvgIpc) is 2.75. The molecule has 1 atom stereocenters. The lowest BCUT2D eigenvalue weighted by Crippen LogP contribution is -2.13. The largest absolute Gasteiger partial charge is 0.496 e. The fourth-order valence-corrected chi connectivity index (χ4v) is 3.50. The van der Waals surface area contributed by atoms with Gasteiger partial charge in [-0.15, -0.1) is 0 Å². The molecule has 5 N–H and O–H groups in total. The number of ether oxygens (including phenoxy) is 1. The van der Waals surface area contributed by atoms with Gasteiger partial charge in [0.1, 0.15) is 29.4 Å². The molecule has 9 nitrogen and oxygen atoms in total. The first-order valence-electron chi connectivity index (χ1n) is 9.22. The van der Waals surface area contributed by atoms with Crippen molar-refractivity contribution in [3.05, 3.63) is 58.1 Å². The van der Waals surface area contributed by atoms with Crippen LogP contribution in [0, 0.1) is 12.3 Å². The highest BCUT2D eigenvalue weighted by molar-refractivity contribution is 6.32. The third kappa shape index (κ3) is 4.26. The minimum Gasteiger partial charge on any atom is -0.496 e. The van der Waals surface area contributed by atoms with Crippen LogP contribution in [0.25, 0.3) is 11.1 Å². The smallest absolute Gasteiger partial charge is 0.354 e. The highest BCUT2D eigenvalue weighted by Crippen LogP contribution is 2.43. The lowest BCUT2D eigenvalue weighted by atomic mass is 9.94. The second-order valence-corrected chi connectivity index (χ2v) is 7.15. The van der Waals surface area contributed by atoms with Gasteiger partial charge < -0.3 is 26.3 Å². The van der Waals surface area contributed by atoms with Crippen LogP contribution in [0.15, 0.2) is 30.7 Å². The maximum atomic E-state index is 11.4. The fraction of sp³-hybridized carbons (Fsp3) is 0.190. The molecule has 0 saturated carbocycles. The normalized spacial score (nSPS) is 11.6. The van der Waals surface area contributed by atoms with E-state index >= 15 is 0 Å². The van der Waals surface area contributed by atoms with Crippen LogP contribution in [0.2, 0.25) is 5.02 Å². The molecule has 0 bridgehead atoms. The maximum absolute atomic E-state index is 11.4. The zero-order valence-corrected chi connectivity index (χ0v) is 17.9. The third-order valence-corrected chi connectivity index (χ3v) is 5.25. The summed E-state index contributed by atoms with van der Waals surface area (Å²) in [4.78, 5) is 23.4. The van der Waals surface area contributed by atoms with Gasteiger partial charge in [0.25, 0.3) is 0 Å². The number of nitrogens with zero attached hydrogens (tertiary/aromatic N) is 3. The highest BCUT2D eigenvalue weighted by Gasteiger charge is 2.22. The number of benzene rings is 1. The molecule has 0 amide bonds. The summed E-state index contributed by atoms with van der Waals surface area (Å²) in [5, 5.41) is 20.6. The molecule has 0 saturated heterocycles. The van der Waals surface area contributed by atoms with Gasteiger partial charge in [-0.05, 0) is 43.2 Å². The summed E-state index contributed by atoms with van der Waals surface area (Å²) in [5.74, 6) is -0.0150. The Kier molecular flexibility index (Phi) is 6.36. The van der Waals surface area contributed by atoms with E-state index in [1.54, 1.807) is 12.1 Å². The number of anilines is 2. The predicted octanol–water partition coefficient (Wildman–Crippen LogP) is 3.96. The Balaban J connectivity index is 2.14. The van der Waals surface area contributed by atoms with E-state index in [1.807, 2.05) is 13.8 Å². The molecule has 10 heteroatoms. The Hall–Kier alpha value is -3.72. The van der Waals surface area contributed by atoms with E-state index < -0.39 is 5.97 Å². The van der Waals surface area contributed by atoms with Gasteiger partial charge in [0.15, 0.2) is 0 Å². The number of carboxylic acids is 1. The van der Waals surface area contributed by atoms with E-state index in [9.17, 15) is 9.90 Å². The van der Waals surface area contributed by atoms with Crippen molar-refractivity contribution in [3.63, 3.8) is 0 Å².